The maximum Gasteiger partial charge on any atom is 0.0731 e. The highest BCUT2D eigenvalue weighted by atomic mass is 79.9. The van der Waals surface area contributed by atoms with Crippen molar-refractivity contribution in [1.82, 2.24) is 5.32 Å². The fourth-order valence-corrected chi connectivity index (χ4v) is 3.05. The van der Waals surface area contributed by atoms with E-state index in [0.717, 1.165) is 6.54 Å². The van der Waals surface area contributed by atoms with Crippen molar-refractivity contribution in [3.05, 3.63) is 31.9 Å². The number of aryl methyl sites for hydroxylation is 1. The second-order valence-electron chi connectivity index (χ2n) is 3.88. The molecule has 0 spiro atoms. The Morgan fingerprint density at radius 3 is 2.67 bits per heavy atom. The average molecular weight is 288 g/mol. The van der Waals surface area contributed by atoms with Crippen LogP contribution in [-0.4, -0.2) is 6.54 Å². The number of hydrogen-bond donors (Lipinski definition) is 1. The van der Waals surface area contributed by atoms with E-state index < -0.39 is 0 Å². The van der Waals surface area contributed by atoms with E-state index in [2.05, 4.69) is 61.1 Å². The van der Waals surface area contributed by atoms with Gasteiger partial charge in [-0.2, -0.15) is 0 Å². The number of rotatable bonds is 4. The summed E-state index contributed by atoms with van der Waals surface area (Å²) in [5.74, 6) is 0. The molecule has 0 fully saturated rings. The van der Waals surface area contributed by atoms with E-state index in [1.54, 1.807) is 0 Å². The summed E-state index contributed by atoms with van der Waals surface area (Å²) < 4.78 is 1.24. The first kappa shape index (κ1) is 12.9. The monoisotopic (exact) mass is 287 g/mol. The predicted octanol–water partition coefficient (Wildman–Crippen LogP) is 4.44. The van der Waals surface area contributed by atoms with Gasteiger partial charge in [-0.1, -0.05) is 18.6 Å². The summed E-state index contributed by atoms with van der Waals surface area (Å²) in [6.45, 7) is 9.54. The maximum absolute atomic E-state index is 3.57. The highest BCUT2D eigenvalue weighted by Gasteiger charge is 2.11. The van der Waals surface area contributed by atoms with Crippen LogP contribution in [0.3, 0.4) is 0 Å². The Kier molecular flexibility index (Phi) is 5.03. The van der Waals surface area contributed by atoms with Crippen molar-refractivity contribution in [2.75, 3.05) is 6.54 Å². The van der Waals surface area contributed by atoms with E-state index in [1.807, 2.05) is 11.3 Å². The first-order valence-electron chi connectivity index (χ1n) is 5.18. The average Bonchev–Trinajstić information content (AvgIpc) is 2.46. The Bertz CT molecular complexity index is 331. The van der Waals surface area contributed by atoms with Crippen LogP contribution < -0.4 is 5.32 Å². The van der Waals surface area contributed by atoms with Gasteiger partial charge in [-0.15, -0.1) is 11.3 Å². The molecular formula is C12H18BrNS. The highest BCUT2D eigenvalue weighted by Crippen LogP contribution is 2.32. The van der Waals surface area contributed by atoms with Crippen LogP contribution in [-0.2, 0) is 0 Å². The van der Waals surface area contributed by atoms with E-state index in [1.165, 1.54) is 19.8 Å². The van der Waals surface area contributed by atoms with Gasteiger partial charge in [0.2, 0.25) is 0 Å². The van der Waals surface area contributed by atoms with E-state index in [-0.39, 0.29) is 0 Å². The molecule has 1 heterocycles. The van der Waals surface area contributed by atoms with Crippen LogP contribution in [0.2, 0.25) is 0 Å². The summed E-state index contributed by atoms with van der Waals surface area (Å²) in [5, 5.41) is 3.48. The number of nitrogens with one attached hydrogen (secondary N) is 1. The Hall–Kier alpha value is -0.120. The molecule has 1 aromatic heterocycles. The van der Waals surface area contributed by atoms with Gasteiger partial charge in [-0.25, -0.2) is 0 Å². The fourth-order valence-electron chi connectivity index (χ4n) is 1.43. The standard InChI is InChI=1S/C12H18BrNS/c1-5-14-10(6-8(2)3)11-7-9(4)12(13)15-11/h6-7,10,14H,5H2,1-4H3. The summed E-state index contributed by atoms with van der Waals surface area (Å²) in [4.78, 5) is 1.38. The molecule has 3 heteroatoms. The molecule has 0 saturated heterocycles. The molecule has 0 aliphatic carbocycles. The lowest BCUT2D eigenvalue weighted by atomic mass is 10.1. The highest BCUT2D eigenvalue weighted by molar-refractivity contribution is 9.11. The van der Waals surface area contributed by atoms with Gasteiger partial charge >= 0.3 is 0 Å². The molecule has 1 unspecified atom stereocenters. The molecule has 0 aromatic carbocycles. The predicted molar refractivity (Wildman–Crippen MR) is 72.6 cm³/mol. The molecule has 0 aliphatic heterocycles. The van der Waals surface area contributed by atoms with E-state index >= 15 is 0 Å². The normalized spacial score (nSPS) is 12.6. The summed E-state index contributed by atoms with van der Waals surface area (Å²) in [6.07, 6.45) is 2.28. The van der Waals surface area contributed by atoms with Crippen molar-refractivity contribution < 1.29 is 0 Å². The summed E-state index contributed by atoms with van der Waals surface area (Å²) in [7, 11) is 0. The van der Waals surface area contributed by atoms with Gasteiger partial charge in [-0.3, -0.25) is 0 Å². The van der Waals surface area contributed by atoms with Crippen molar-refractivity contribution >= 4 is 27.3 Å². The van der Waals surface area contributed by atoms with Crippen molar-refractivity contribution in [3.8, 4) is 0 Å². The molecule has 1 aromatic rings. The lowest BCUT2D eigenvalue weighted by molar-refractivity contribution is 0.653. The second-order valence-corrected chi connectivity index (χ2v) is 6.29. The summed E-state index contributed by atoms with van der Waals surface area (Å²) in [5.41, 5.74) is 2.67. The zero-order valence-electron chi connectivity index (χ0n) is 9.73. The van der Waals surface area contributed by atoms with Crippen molar-refractivity contribution in [2.45, 2.75) is 33.7 Å². The largest absolute Gasteiger partial charge is 0.306 e. The first-order valence-corrected chi connectivity index (χ1v) is 6.79. The zero-order chi connectivity index (χ0) is 11.4. The quantitative estimate of drug-likeness (QED) is 0.808. The summed E-state index contributed by atoms with van der Waals surface area (Å²) >= 11 is 5.39. The Morgan fingerprint density at radius 2 is 2.27 bits per heavy atom. The van der Waals surface area contributed by atoms with Crippen LogP contribution in [0.25, 0.3) is 0 Å². The molecule has 15 heavy (non-hydrogen) atoms. The number of likely N-dealkylation sites (N-methyl/N-ethyl adjacent to an activating group) is 1. The Morgan fingerprint density at radius 1 is 1.60 bits per heavy atom. The van der Waals surface area contributed by atoms with E-state index in [0.29, 0.717) is 6.04 Å². The van der Waals surface area contributed by atoms with Crippen LogP contribution in [0.5, 0.6) is 0 Å². The molecule has 1 atom stereocenters. The topological polar surface area (TPSA) is 12.0 Å². The lowest BCUT2D eigenvalue weighted by Gasteiger charge is -2.12. The van der Waals surface area contributed by atoms with Gasteiger partial charge in [0, 0.05) is 4.88 Å². The molecular weight excluding hydrogens is 270 g/mol. The van der Waals surface area contributed by atoms with Crippen molar-refractivity contribution in [3.63, 3.8) is 0 Å². The number of thiophene rings is 1. The molecule has 0 amide bonds. The second kappa shape index (κ2) is 5.83. The maximum atomic E-state index is 3.57. The van der Waals surface area contributed by atoms with Crippen LogP contribution >= 0.6 is 27.3 Å². The van der Waals surface area contributed by atoms with Crippen molar-refractivity contribution in [2.24, 2.45) is 0 Å². The van der Waals surface area contributed by atoms with E-state index in [4.69, 9.17) is 0 Å². The van der Waals surface area contributed by atoms with Crippen LogP contribution in [0.4, 0.5) is 0 Å². The van der Waals surface area contributed by atoms with Gasteiger partial charge in [0.25, 0.3) is 0 Å². The minimum Gasteiger partial charge on any atom is -0.306 e. The molecule has 0 bridgehead atoms. The molecule has 1 N–H and O–H groups in total. The minimum absolute atomic E-state index is 0.356. The lowest BCUT2D eigenvalue weighted by Crippen LogP contribution is -2.18. The third-order valence-electron chi connectivity index (χ3n) is 2.11. The molecule has 0 saturated carbocycles. The van der Waals surface area contributed by atoms with Crippen LogP contribution in [0.15, 0.2) is 21.5 Å². The van der Waals surface area contributed by atoms with Crippen LogP contribution in [0, 0.1) is 6.92 Å². The van der Waals surface area contributed by atoms with E-state index in [9.17, 15) is 0 Å². The third kappa shape index (κ3) is 3.74. The Labute approximate surface area is 105 Å². The van der Waals surface area contributed by atoms with Gasteiger partial charge in [0.1, 0.15) is 0 Å². The van der Waals surface area contributed by atoms with Crippen molar-refractivity contribution in [1.29, 1.82) is 0 Å². The molecule has 0 radical (unpaired) electrons. The zero-order valence-corrected chi connectivity index (χ0v) is 12.1. The fraction of sp³-hybridized carbons (Fsp3) is 0.500. The van der Waals surface area contributed by atoms with Gasteiger partial charge < -0.3 is 5.32 Å². The minimum atomic E-state index is 0.356. The first-order chi connectivity index (χ1) is 7.04. The van der Waals surface area contributed by atoms with Gasteiger partial charge in [0.15, 0.2) is 0 Å². The third-order valence-corrected chi connectivity index (χ3v) is 4.33. The SMILES string of the molecule is CCNC(C=C(C)C)c1cc(C)c(Br)s1. The summed E-state index contributed by atoms with van der Waals surface area (Å²) in [6, 6.07) is 2.61. The van der Waals surface area contributed by atoms with Crippen LogP contribution in [0.1, 0.15) is 37.3 Å². The molecule has 0 aliphatic rings. The number of hydrogen-bond acceptors (Lipinski definition) is 2. The molecule has 84 valence electrons. The number of halogens is 1. The van der Waals surface area contributed by atoms with Gasteiger partial charge in [-0.05, 0) is 54.9 Å². The smallest absolute Gasteiger partial charge is 0.0731 e. The Balaban J connectivity index is 2.93. The molecule has 1 nitrogen and oxygen atoms in total. The van der Waals surface area contributed by atoms with Gasteiger partial charge in [0.05, 0.1) is 9.83 Å². The molecule has 1 rings (SSSR count). The number of allylic oxidation sites excluding steroid dienone is 1.